The Morgan fingerprint density at radius 3 is 2.89 bits per heavy atom. The van der Waals surface area contributed by atoms with Crippen LogP contribution in [0.1, 0.15) is 31.2 Å². The second kappa shape index (κ2) is 5.17. The fraction of sp³-hybridized carbons (Fsp3) is 0.500. The van der Waals surface area contributed by atoms with E-state index in [2.05, 4.69) is 0 Å². The molecule has 2 unspecified atom stereocenters. The van der Waals surface area contributed by atoms with Gasteiger partial charge in [-0.05, 0) is 49.9 Å². The summed E-state index contributed by atoms with van der Waals surface area (Å²) in [6.45, 7) is 1.78. The molecule has 104 valence electrons. The minimum atomic E-state index is -0.989. The van der Waals surface area contributed by atoms with Crippen LogP contribution in [-0.2, 0) is 4.79 Å². The van der Waals surface area contributed by atoms with Crippen molar-refractivity contribution in [3.63, 3.8) is 0 Å². The molecule has 1 amide bonds. The normalized spacial score (nSPS) is 27.0. The lowest BCUT2D eigenvalue weighted by Crippen LogP contribution is -2.56. The number of halogens is 1. The topological polar surface area (TPSA) is 78.3 Å². The van der Waals surface area contributed by atoms with E-state index in [4.69, 9.17) is 16.2 Å². The van der Waals surface area contributed by atoms with Gasteiger partial charge in [0.1, 0.15) is 17.7 Å². The van der Waals surface area contributed by atoms with Gasteiger partial charge in [-0.1, -0.05) is 0 Å². The first-order valence-electron chi connectivity index (χ1n) is 6.42. The summed E-state index contributed by atoms with van der Waals surface area (Å²) in [6.07, 6.45) is 2.45. The number of rotatable bonds is 3. The third-order valence-corrected chi connectivity index (χ3v) is 3.66. The predicted octanol–water partition coefficient (Wildman–Crippen LogP) is 1.64. The zero-order valence-electron chi connectivity index (χ0n) is 11.0. The van der Waals surface area contributed by atoms with Crippen molar-refractivity contribution in [1.29, 1.82) is 0 Å². The van der Waals surface area contributed by atoms with Crippen LogP contribution in [0.25, 0.3) is 0 Å². The summed E-state index contributed by atoms with van der Waals surface area (Å²) in [5.41, 5.74) is 11.1. The molecule has 0 aromatic heterocycles. The molecule has 4 nitrogen and oxygen atoms in total. The van der Waals surface area contributed by atoms with Crippen molar-refractivity contribution in [3.8, 4) is 5.75 Å². The Labute approximate surface area is 111 Å². The largest absolute Gasteiger partial charge is 0.490 e. The third-order valence-electron chi connectivity index (χ3n) is 3.66. The highest BCUT2D eigenvalue weighted by Gasteiger charge is 2.38. The van der Waals surface area contributed by atoms with Crippen LogP contribution in [0, 0.1) is 12.7 Å². The Hall–Kier alpha value is -1.62. The molecule has 0 bridgehead atoms. The highest BCUT2D eigenvalue weighted by molar-refractivity contribution is 5.84. The Kier molecular flexibility index (Phi) is 3.75. The minimum Gasteiger partial charge on any atom is -0.490 e. The van der Waals surface area contributed by atoms with Gasteiger partial charge in [0, 0.05) is 6.42 Å². The molecule has 1 saturated carbocycles. The first-order chi connectivity index (χ1) is 8.90. The standard InChI is InChI=1S/C14H19FN2O2/c1-9-7-10(15)4-5-12(9)19-11-3-2-6-14(17,8-11)13(16)18/h4-5,7,11H,2-3,6,8,17H2,1H3,(H2,16,18). The van der Waals surface area contributed by atoms with Crippen LogP contribution in [0.2, 0.25) is 0 Å². The molecule has 1 aromatic carbocycles. The van der Waals surface area contributed by atoms with Crippen LogP contribution >= 0.6 is 0 Å². The van der Waals surface area contributed by atoms with Gasteiger partial charge < -0.3 is 16.2 Å². The first-order valence-corrected chi connectivity index (χ1v) is 6.42. The van der Waals surface area contributed by atoms with E-state index >= 15 is 0 Å². The molecular weight excluding hydrogens is 247 g/mol. The van der Waals surface area contributed by atoms with E-state index < -0.39 is 11.4 Å². The van der Waals surface area contributed by atoms with Gasteiger partial charge in [0.25, 0.3) is 0 Å². The van der Waals surface area contributed by atoms with Gasteiger partial charge in [-0.25, -0.2) is 4.39 Å². The van der Waals surface area contributed by atoms with Gasteiger partial charge in [-0.2, -0.15) is 0 Å². The van der Waals surface area contributed by atoms with Crippen LogP contribution < -0.4 is 16.2 Å². The second-order valence-corrected chi connectivity index (χ2v) is 5.27. The average molecular weight is 266 g/mol. The smallest absolute Gasteiger partial charge is 0.237 e. The van der Waals surface area contributed by atoms with E-state index in [1.807, 2.05) is 0 Å². The molecule has 19 heavy (non-hydrogen) atoms. The zero-order chi connectivity index (χ0) is 14.0. The van der Waals surface area contributed by atoms with Gasteiger partial charge in [0.2, 0.25) is 5.91 Å². The Morgan fingerprint density at radius 1 is 1.53 bits per heavy atom. The first kappa shape index (κ1) is 13.8. The molecule has 1 aliphatic carbocycles. The van der Waals surface area contributed by atoms with E-state index in [0.717, 1.165) is 18.4 Å². The maximum Gasteiger partial charge on any atom is 0.237 e. The molecule has 2 rings (SSSR count). The maximum absolute atomic E-state index is 13.0. The summed E-state index contributed by atoms with van der Waals surface area (Å²) in [4.78, 5) is 11.4. The zero-order valence-corrected chi connectivity index (χ0v) is 11.0. The summed E-state index contributed by atoms with van der Waals surface area (Å²) >= 11 is 0. The molecule has 1 aromatic rings. The molecule has 0 spiro atoms. The van der Waals surface area contributed by atoms with Crippen molar-refractivity contribution in [2.45, 2.75) is 44.2 Å². The summed E-state index contributed by atoms with van der Waals surface area (Å²) in [5, 5.41) is 0. The van der Waals surface area contributed by atoms with Crippen molar-refractivity contribution in [2.24, 2.45) is 11.5 Å². The Balaban J connectivity index is 2.09. The molecule has 0 radical (unpaired) electrons. The van der Waals surface area contributed by atoms with Crippen molar-refractivity contribution >= 4 is 5.91 Å². The Morgan fingerprint density at radius 2 is 2.26 bits per heavy atom. The fourth-order valence-electron chi connectivity index (χ4n) is 2.50. The quantitative estimate of drug-likeness (QED) is 0.873. The van der Waals surface area contributed by atoms with Gasteiger partial charge in [-0.3, -0.25) is 4.79 Å². The monoisotopic (exact) mass is 266 g/mol. The van der Waals surface area contributed by atoms with E-state index in [9.17, 15) is 9.18 Å². The minimum absolute atomic E-state index is 0.157. The summed E-state index contributed by atoms with van der Waals surface area (Å²) < 4.78 is 18.9. The number of primary amides is 1. The molecule has 0 aliphatic heterocycles. The third kappa shape index (κ3) is 3.04. The predicted molar refractivity (Wildman–Crippen MR) is 70.1 cm³/mol. The average Bonchev–Trinajstić information content (AvgIpc) is 2.33. The van der Waals surface area contributed by atoms with Crippen LogP contribution in [0.15, 0.2) is 18.2 Å². The summed E-state index contributed by atoms with van der Waals surface area (Å²) in [6, 6.07) is 4.37. The molecule has 4 N–H and O–H groups in total. The number of hydrogen-bond acceptors (Lipinski definition) is 3. The summed E-state index contributed by atoms with van der Waals surface area (Å²) in [7, 11) is 0. The number of nitrogens with two attached hydrogens (primary N) is 2. The van der Waals surface area contributed by atoms with Crippen molar-refractivity contribution in [2.75, 3.05) is 0 Å². The molecule has 0 saturated heterocycles. The van der Waals surface area contributed by atoms with Gasteiger partial charge in [0.15, 0.2) is 0 Å². The van der Waals surface area contributed by atoms with Gasteiger partial charge in [-0.15, -0.1) is 0 Å². The van der Waals surface area contributed by atoms with Crippen molar-refractivity contribution < 1.29 is 13.9 Å². The number of hydrogen-bond donors (Lipinski definition) is 2. The summed E-state index contributed by atoms with van der Waals surface area (Å²) in [5.74, 6) is -0.157. The highest BCUT2D eigenvalue weighted by atomic mass is 19.1. The van der Waals surface area contributed by atoms with Gasteiger partial charge in [0.05, 0.1) is 5.54 Å². The molecule has 1 fully saturated rings. The molecule has 0 heterocycles. The highest BCUT2D eigenvalue weighted by Crippen LogP contribution is 2.30. The SMILES string of the molecule is Cc1cc(F)ccc1OC1CCCC(N)(C(N)=O)C1. The molecule has 2 atom stereocenters. The molecule has 5 heteroatoms. The van der Waals surface area contributed by atoms with E-state index in [0.29, 0.717) is 18.6 Å². The number of carbonyl (C=O) groups is 1. The lowest BCUT2D eigenvalue weighted by molar-refractivity contribution is -0.125. The van der Waals surface area contributed by atoms with Crippen molar-refractivity contribution in [1.82, 2.24) is 0 Å². The number of amides is 1. The number of aryl methyl sites for hydroxylation is 1. The lowest BCUT2D eigenvalue weighted by Gasteiger charge is -2.35. The lowest BCUT2D eigenvalue weighted by atomic mass is 9.80. The van der Waals surface area contributed by atoms with Crippen LogP contribution in [0.3, 0.4) is 0 Å². The maximum atomic E-state index is 13.0. The second-order valence-electron chi connectivity index (χ2n) is 5.27. The van der Waals surface area contributed by atoms with E-state index in [1.165, 1.54) is 12.1 Å². The molecular formula is C14H19FN2O2. The van der Waals surface area contributed by atoms with E-state index in [1.54, 1.807) is 13.0 Å². The number of benzene rings is 1. The fourth-order valence-corrected chi connectivity index (χ4v) is 2.50. The van der Waals surface area contributed by atoms with Crippen LogP contribution in [0.4, 0.5) is 4.39 Å². The van der Waals surface area contributed by atoms with E-state index in [-0.39, 0.29) is 11.9 Å². The number of ether oxygens (including phenoxy) is 1. The Bertz CT molecular complexity index is 492. The van der Waals surface area contributed by atoms with Gasteiger partial charge >= 0.3 is 0 Å². The van der Waals surface area contributed by atoms with Crippen molar-refractivity contribution in [3.05, 3.63) is 29.6 Å². The van der Waals surface area contributed by atoms with Crippen LogP contribution in [-0.4, -0.2) is 17.6 Å². The van der Waals surface area contributed by atoms with Crippen LogP contribution in [0.5, 0.6) is 5.75 Å². The number of carbonyl (C=O) groups excluding carboxylic acids is 1. The molecule has 1 aliphatic rings.